The number of benzene rings is 10. The van der Waals surface area contributed by atoms with Crippen molar-refractivity contribution in [2.45, 2.75) is 26.2 Å². The van der Waals surface area contributed by atoms with Crippen molar-refractivity contribution in [3.05, 3.63) is 255 Å². The van der Waals surface area contributed by atoms with Crippen molar-refractivity contribution in [1.82, 2.24) is 18.7 Å². The van der Waals surface area contributed by atoms with Gasteiger partial charge in [-0.2, -0.15) is 18.2 Å². The molecular weight excluding hydrogens is 1120 g/mol. The van der Waals surface area contributed by atoms with Gasteiger partial charge in [0.05, 0.1) is 40.3 Å². The summed E-state index contributed by atoms with van der Waals surface area (Å²) >= 11 is 0. The fraction of sp³-hybridized carbons (Fsp3) is 0.0571. The molecule has 0 saturated carbocycles. The summed E-state index contributed by atoms with van der Waals surface area (Å²) in [6.45, 7) is 6.63. The minimum atomic E-state index is -0.439. The zero-order valence-corrected chi connectivity index (χ0v) is 44.3. The molecule has 6 nitrogen and oxygen atoms in total. The van der Waals surface area contributed by atoms with E-state index in [4.69, 9.17) is 13.8 Å². The van der Waals surface area contributed by atoms with E-state index in [9.17, 15) is 2.74 Å². The number of pyridine rings is 1. The monoisotopic (exact) mass is 1170 g/mol. The van der Waals surface area contributed by atoms with Crippen LogP contribution in [0, 0.1) is 18.5 Å². The van der Waals surface area contributed by atoms with E-state index in [1.807, 2.05) is 59.3 Å². The molecule has 7 heteroatoms. The minimum absolute atomic E-state index is 0. The number of nitrogens with zero attached hydrogens (tertiary/aromatic N) is 5. The maximum absolute atomic E-state index is 9.31. The molecule has 0 aliphatic carbocycles. The summed E-state index contributed by atoms with van der Waals surface area (Å²) in [5, 5.41) is 4.35. The van der Waals surface area contributed by atoms with Gasteiger partial charge in [0, 0.05) is 55.1 Å². The first-order chi connectivity index (χ1) is 39.4. The number of hydrogen-bond donors (Lipinski definition) is 0. The quantitative estimate of drug-likeness (QED) is 0.123. The maximum Gasteiger partial charge on any atom is 0.268 e. The van der Waals surface area contributed by atoms with Gasteiger partial charge in [0.15, 0.2) is 0 Å². The number of imidazole rings is 1. The Labute approximate surface area is 467 Å². The first-order valence-corrected chi connectivity index (χ1v) is 25.5. The summed E-state index contributed by atoms with van der Waals surface area (Å²) in [5.41, 5.74) is 14.8. The summed E-state index contributed by atoms with van der Waals surface area (Å²) in [6, 6.07) is 71.7. The molecule has 0 bridgehead atoms. The Kier molecular flexibility index (Phi) is 9.65. The number of rotatable bonds is 6. The summed E-state index contributed by atoms with van der Waals surface area (Å²) < 4.78 is 60.3. The molecule has 1 aliphatic heterocycles. The summed E-state index contributed by atoms with van der Waals surface area (Å²) in [7, 11) is 0. The Morgan fingerprint density at radius 3 is 1.88 bits per heavy atom. The van der Waals surface area contributed by atoms with E-state index in [-0.39, 0.29) is 44.1 Å². The smallest absolute Gasteiger partial charge is 0.268 e. The fourth-order valence-corrected chi connectivity index (χ4v) is 11.6. The second-order valence-corrected chi connectivity index (χ2v) is 20.4. The molecule has 0 fully saturated rings. The van der Waals surface area contributed by atoms with E-state index < -0.39 is 18.1 Å². The van der Waals surface area contributed by atoms with Gasteiger partial charge in [-0.1, -0.05) is 184 Å². The van der Waals surface area contributed by atoms with Crippen LogP contribution in [0.1, 0.15) is 33.2 Å². The average Bonchev–Trinajstić information content (AvgIpc) is 3.77. The van der Waals surface area contributed by atoms with Gasteiger partial charge in [-0.3, -0.25) is 4.57 Å². The molecule has 15 rings (SSSR count). The molecule has 5 heterocycles. The number of fused-ring (bicyclic) bond motifs is 13. The average molecular weight is 1170 g/mol. The van der Waals surface area contributed by atoms with Gasteiger partial charge >= 0.3 is 0 Å². The second-order valence-electron chi connectivity index (χ2n) is 20.4. The third-order valence-corrected chi connectivity index (χ3v) is 15.0. The maximum atomic E-state index is 9.31. The Bertz CT molecular complexity index is 4910. The van der Waals surface area contributed by atoms with Gasteiger partial charge in [-0.05, 0) is 103 Å². The molecule has 77 heavy (non-hydrogen) atoms. The van der Waals surface area contributed by atoms with Crippen LogP contribution in [0.3, 0.4) is 0 Å². The van der Waals surface area contributed by atoms with Crippen molar-refractivity contribution in [3.63, 3.8) is 0 Å². The Morgan fingerprint density at radius 2 is 1.12 bits per heavy atom. The number of ether oxygens (including phenoxy) is 1. The standard InChI is InChI=1S/C70H47N5O.Pt/c1-70(2,3)46-39-40-71-66(41-46)75-62-34-14-11-26-54(62)55-38-37-49(43-65(55)75)76-48-22-15-21-47(42-48)72-44-73-68-58(30-17-35-63(68)72)51-23-7-8-27-56(51)67-50(45-19-5-4-6-20-45)28-16-29-57(67)59-31-18-36-64(69(59)73)74-60-32-12-9-24-52(60)53-25-10-13-33-61(53)74;/h4-41H,1-3H3;/q-2;/i4D,5D,6D,19D,20D;. The van der Waals surface area contributed by atoms with Crippen LogP contribution in [0.5, 0.6) is 11.5 Å². The summed E-state index contributed by atoms with van der Waals surface area (Å²) in [5.74, 6) is 1.82. The minimum Gasteiger partial charge on any atom is -0.510 e. The van der Waals surface area contributed by atoms with Gasteiger partial charge in [-0.25, -0.2) is 4.98 Å². The Balaban J connectivity index is 0.00000602. The van der Waals surface area contributed by atoms with E-state index in [0.717, 1.165) is 105 Å². The van der Waals surface area contributed by atoms with Crippen molar-refractivity contribution in [1.29, 1.82) is 0 Å². The third-order valence-electron chi connectivity index (χ3n) is 15.0. The van der Waals surface area contributed by atoms with Crippen LogP contribution in [-0.2, 0) is 26.5 Å². The fourth-order valence-electron chi connectivity index (χ4n) is 11.6. The molecular formula is C70H47N5OPt-2. The van der Waals surface area contributed by atoms with Crippen LogP contribution < -0.4 is 9.30 Å². The summed E-state index contributed by atoms with van der Waals surface area (Å²) in [6.07, 6.45) is 5.78. The van der Waals surface area contributed by atoms with Crippen molar-refractivity contribution >= 4 is 54.6 Å². The van der Waals surface area contributed by atoms with E-state index in [1.165, 1.54) is 5.56 Å². The van der Waals surface area contributed by atoms with Crippen LogP contribution in [0.4, 0.5) is 0 Å². The van der Waals surface area contributed by atoms with Gasteiger partial charge in [0.25, 0.3) is 6.33 Å². The second kappa shape index (κ2) is 18.0. The molecule has 0 N–H and O–H groups in total. The first-order valence-electron chi connectivity index (χ1n) is 28.0. The molecule has 1 aliphatic rings. The van der Waals surface area contributed by atoms with E-state index in [0.29, 0.717) is 22.7 Å². The first kappa shape index (κ1) is 41.2. The number of para-hydroxylation sites is 5. The predicted molar refractivity (Wildman–Crippen MR) is 308 cm³/mol. The number of aromatic nitrogens is 5. The van der Waals surface area contributed by atoms with Gasteiger partial charge < -0.3 is 18.4 Å². The molecule has 0 atom stereocenters. The van der Waals surface area contributed by atoms with Crippen LogP contribution in [-0.4, -0.2) is 18.7 Å². The summed E-state index contributed by atoms with van der Waals surface area (Å²) in [4.78, 5) is 4.89. The molecule has 0 unspecified atom stereocenters. The van der Waals surface area contributed by atoms with Gasteiger partial charge in [0.2, 0.25) is 0 Å². The van der Waals surface area contributed by atoms with Crippen LogP contribution in [0.25, 0.3) is 122 Å². The van der Waals surface area contributed by atoms with Crippen molar-refractivity contribution in [2.24, 2.45) is 0 Å². The molecule has 4 aromatic heterocycles. The zero-order chi connectivity index (χ0) is 55.0. The molecule has 0 spiro atoms. The molecule has 370 valence electrons. The van der Waals surface area contributed by atoms with Crippen molar-refractivity contribution in [2.75, 3.05) is 0 Å². The topological polar surface area (TPSA) is 40.8 Å². The van der Waals surface area contributed by atoms with Crippen LogP contribution >= 0.6 is 0 Å². The normalized spacial score (nSPS) is 12.9. The predicted octanol–water partition coefficient (Wildman–Crippen LogP) is 17.0. The zero-order valence-electron chi connectivity index (χ0n) is 47.0. The molecule has 0 radical (unpaired) electrons. The largest absolute Gasteiger partial charge is 0.510 e. The van der Waals surface area contributed by atoms with E-state index >= 15 is 0 Å². The van der Waals surface area contributed by atoms with E-state index in [1.54, 1.807) is 0 Å². The SMILES string of the molecule is [2H]c1c([2H])c([2H])c(-c2cccc3c2-c2ccccc2-c2cccc4c2[n+]([c-]n4-c2[c-]c(Oc4[c-]c5c(cc4)c4ccccc4n5-c4cc(C(C)(C)C)ccn4)ccc2)-c2c-3cccc2-n2c3ccccc3c3ccccc32)c([2H])c1[2H].[Pt]. The van der Waals surface area contributed by atoms with Crippen molar-refractivity contribution < 1.29 is 37.2 Å². The van der Waals surface area contributed by atoms with Gasteiger partial charge in [0.1, 0.15) is 5.82 Å². The van der Waals surface area contributed by atoms with Gasteiger partial charge in [-0.15, -0.1) is 29.7 Å². The molecule has 14 aromatic rings. The van der Waals surface area contributed by atoms with Crippen molar-refractivity contribution in [3.8, 4) is 78.9 Å². The molecule has 0 saturated heterocycles. The Morgan fingerprint density at radius 1 is 0.519 bits per heavy atom. The van der Waals surface area contributed by atoms with E-state index in [2.05, 4.69) is 199 Å². The van der Waals surface area contributed by atoms with Crippen LogP contribution in [0.2, 0.25) is 0 Å². The molecule has 10 aromatic carbocycles. The number of hydrogen-bond acceptors (Lipinski definition) is 2. The third kappa shape index (κ3) is 7.34. The Hall–Kier alpha value is -9.09. The van der Waals surface area contributed by atoms with Crippen LogP contribution in [0.15, 0.2) is 231 Å². The molecule has 0 amide bonds.